The molecule has 2 amide bonds. The van der Waals surface area contributed by atoms with Crippen LogP contribution in [0.5, 0.6) is 0 Å². The van der Waals surface area contributed by atoms with Gasteiger partial charge in [0.25, 0.3) is 5.91 Å². The number of carbonyl (C=O) groups is 2. The fourth-order valence-corrected chi connectivity index (χ4v) is 3.35. The third kappa shape index (κ3) is 3.70. The SMILES string of the molecule is C[C@H](NC(=O)c1ccccc1NC(=O)C1CC1)c1cccc2ccccc12. The van der Waals surface area contributed by atoms with Gasteiger partial charge in [0.2, 0.25) is 5.91 Å². The van der Waals surface area contributed by atoms with Gasteiger partial charge in [-0.1, -0.05) is 54.6 Å². The Morgan fingerprint density at radius 3 is 2.44 bits per heavy atom. The van der Waals surface area contributed by atoms with E-state index < -0.39 is 0 Å². The Labute approximate surface area is 158 Å². The van der Waals surface area contributed by atoms with Crippen LogP contribution in [0, 0.1) is 5.92 Å². The number of benzene rings is 3. The van der Waals surface area contributed by atoms with Crippen LogP contribution in [0.3, 0.4) is 0 Å². The second kappa shape index (κ2) is 7.23. The molecule has 1 fully saturated rings. The third-order valence-electron chi connectivity index (χ3n) is 5.02. The first-order valence-electron chi connectivity index (χ1n) is 9.32. The maximum atomic E-state index is 12.9. The molecule has 1 aliphatic carbocycles. The summed E-state index contributed by atoms with van der Waals surface area (Å²) in [5.41, 5.74) is 2.12. The Balaban J connectivity index is 1.56. The molecule has 1 atom stereocenters. The molecule has 3 aromatic rings. The van der Waals surface area contributed by atoms with Crippen LogP contribution in [-0.4, -0.2) is 11.8 Å². The molecular formula is C23H22N2O2. The van der Waals surface area contributed by atoms with E-state index in [0.29, 0.717) is 11.3 Å². The monoisotopic (exact) mass is 358 g/mol. The van der Waals surface area contributed by atoms with Gasteiger partial charge in [-0.15, -0.1) is 0 Å². The molecule has 0 spiro atoms. The number of hydrogen-bond acceptors (Lipinski definition) is 2. The van der Waals surface area contributed by atoms with Crippen LogP contribution in [0.2, 0.25) is 0 Å². The van der Waals surface area contributed by atoms with E-state index in [-0.39, 0.29) is 23.8 Å². The van der Waals surface area contributed by atoms with Crippen molar-refractivity contribution in [1.82, 2.24) is 5.32 Å². The zero-order chi connectivity index (χ0) is 18.8. The van der Waals surface area contributed by atoms with Crippen LogP contribution in [0.1, 0.15) is 41.7 Å². The summed E-state index contributed by atoms with van der Waals surface area (Å²) in [6.45, 7) is 1.98. The summed E-state index contributed by atoms with van der Waals surface area (Å²) in [6.07, 6.45) is 1.86. The summed E-state index contributed by atoms with van der Waals surface area (Å²) < 4.78 is 0. The smallest absolute Gasteiger partial charge is 0.253 e. The molecule has 1 aliphatic rings. The summed E-state index contributed by atoms with van der Waals surface area (Å²) in [4.78, 5) is 25.0. The van der Waals surface area contributed by atoms with E-state index in [2.05, 4.69) is 28.8 Å². The van der Waals surface area contributed by atoms with Gasteiger partial charge in [0.1, 0.15) is 0 Å². The lowest BCUT2D eigenvalue weighted by molar-refractivity contribution is -0.117. The highest BCUT2D eigenvalue weighted by atomic mass is 16.2. The van der Waals surface area contributed by atoms with Crippen LogP contribution in [-0.2, 0) is 4.79 Å². The number of anilines is 1. The minimum absolute atomic E-state index is 0.00245. The molecule has 0 aromatic heterocycles. The van der Waals surface area contributed by atoms with Crippen molar-refractivity contribution >= 4 is 28.3 Å². The first-order valence-corrected chi connectivity index (χ1v) is 9.32. The molecule has 0 aliphatic heterocycles. The maximum absolute atomic E-state index is 12.9. The molecule has 0 bridgehead atoms. The van der Waals surface area contributed by atoms with Crippen molar-refractivity contribution in [2.75, 3.05) is 5.32 Å². The normalized spacial score (nSPS) is 14.6. The van der Waals surface area contributed by atoms with Gasteiger partial charge < -0.3 is 10.6 Å². The highest BCUT2D eigenvalue weighted by molar-refractivity contribution is 6.04. The minimum Gasteiger partial charge on any atom is -0.345 e. The van der Waals surface area contributed by atoms with Crippen molar-refractivity contribution in [2.45, 2.75) is 25.8 Å². The predicted molar refractivity (Wildman–Crippen MR) is 108 cm³/mol. The van der Waals surface area contributed by atoms with Crippen LogP contribution < -0.4 is 10.6 Å². The Morgan fingerprint density at radius 1 is 0.926 bits per heavy atom. The topological polar surface area (TPSA) is 58.2 Å². The molecule has 4 rings (SSSR count). The highest BCUT2D eigenvalue weighted by Crippen LogP contribution is 2.31. The highest BCUT2D eigenvalue weighted by Gasteiger charge is 2.30. The molecule has 0 saturated heterocycles. The van der Waals surface area contributed by atoms with Gasteiger partial charge in [-0.25, -0.2) is 0 Å². The van der Waals surface area contributed by atoms with Crippen molar-refractivity contribution in [3.05, 3.63) is 77.9 Å². The van der Waals surface area contributed by atoms with Crippen molar-refractivity contribution in [2.24, 2.45) is 5.92 Å². The Morgan fingerprint density at radius 2 is 1.63 bits per heavy atom. The molecule has 1 saturated carbocycles. The van der Waals surface area contributed by atoms with Gasteiger partial charge in [-0.05, 0) is 48.2 Å². The minimum atomic E-state index is -0.192. The quantitative estimate of drug-likeness (QED) is 0.696. The molecule has 2 N–H and O–H groups in total. The van der Waals surface area contributed by atoms with Crippen LogP contribution in [0.4, 0.5) is 5.69 Å². The zero-order valence-electron chi connectivity index (χ0n) is 15.2. The maximum Gasteiger partial charge on any atom is 0.253 e. The average Bonchev–Trinajstić information content (AvgIpc) is 3.53. The third-order valence-corrected chi connectivity index (χ3v) is 5.02. The van der Waals surface area contributed by atoms with Gasteiger partial charge in [0.05, 0.1) is 17.3 Å². The van der Waals surface area contributed by atoms with Gasteiger partial charge in [-0.2, -0.15) is 0 Å². The number of rotatable bonds is 5. The van der Waals surface area contributed by atoms with Gasteiger partial charge in [0, 0.05) is 5.92 Å². The van der Waals surface area contributed by atoms with Gasteiger partial charge in [0.15, 0.2) is 0 Å². The van der Waals surface area contributed by atoms with E-state index in [4.69, 9.17) is 0 Å². The van der Waals surface area contributed by atoms with Gasteiger partial charge in [-0.3, -0.25) is 9.59 Å². The first-order chi connectivity index (χ1) is 13.1. The van der Waals surface area contributed by atoms with E-state index in [1.54, 1.807) is 12.1 Å². The van der Waals surface area contributed by atoms with Crippen LogP contribution in [0.15, 0.2) is 66.7 Å². The van der Waals surface area contributed by atoms with Crippen LogP contribution >= 0.6 is 0 Å². The van der Waals surface area contributed by atoms with E-state index in [1.165, 1.54) is 0 Å². The summed E-state index contributed by atoms with van der Waals surface area (Å²) in [5.74, 6) is -0.102. The number of nitrogens with one attached hydrogen (secondary N) is 2. The molecule has 0 radical (unpaired) electrons. The lowest BCUT2D eigenvalue weighted by atomic mass is 9.99. The van der Waals surface area contributed by atoms with Crippen molar-refractivity contribution in [3.8, 4) is 0 Å². The molecule has 0 unspecified atom stereocenters. The average molecular weight is 358 g/mol. The number of carbonyl (C=O) groups excluding carboxylic acids is 2. The molecular weight excluding hydrogens is 336 g/mol. The van der Waals surface area contributed by atoms with E-state index in [0.717, 1.165) is 29.2 Å². The summed E-state index contributed by atoms with van der Waals surface area (Å²) >= 11 is 0. The fourth-order valence-electron chi connectivity index (χ4n) is 3.35. The van der Waals surface area contributed by atoms with E-state index in [9.17, 15) is 9.59 Å². The number of para-hydroxylation sites is 1. The second-order valence-corrected chi connectivity index (χ2v) is 7.07. The summed E-state index contributed by atoms with van der Waals surface area (Å²) in [7, 11) is 0. The van der Waals surface area contributed by atoms with Crippen molar-refractivity contribution in [3.63, 3.8) is 0 Å². The molecule has 136 valence electrons. The zero-order valence-corrected chi connectivity index (χ0v) is 15.2. The molecule has 3 aromatic carbocycles. The Kier molecular flexibility index (Phi) is 4.63. The lowest BCUT2D eigenvalue weighted by Gasteiger charge is -2.18. The largest absolute Gasteiger partial charge is 0.345 e. The molecule has 4 heteroatoms. The Hall–Kier alpha value is -3.14. The van der Waals surface area contributed by atoms with Crippen molar-refractivity contribution < 1.29 is 9.59 Å². The fraction of sp³-hybridized carbons (Fsp3) is 0.217. The van der Waals surface area contributed by atoms with Crippen LogP contribution in [0.25, 0.3) is 10.8 Å². The van der Waals surface area contributed by atoms with E-state index in [1.807, 2.05) is 43.3 Å². The predicted octanol–water partition coefficient (Wildman–Crippen LogP) is 4.68. The Bertz CT molecular complexity index is 1000. The van der Waals surface area contributed by atoms with Gasteiger partial charge >= 0.3 is 0 Å². The number of hydrogen-bond donors (Lipinski definition) is 2. The van der Waals surface area contributed by atoms with E-state index >= 15 is 0 Å². The standard InChI is InChI=1S/C23H22N2O2/c1-15(18-11-6-8-16-7-2-3-9-19(16)18)24-23(27)20-10-4-5-12-21(20)25-22(26)17-13-14-17/h2-12,15,17H,13-14H2,1H3,(H,24,27)(H,25,26)/t15-/m0/s1. The number of amides is 2. The molecule has 27 heavy (non-hydrogen) atoms. The number of fused-ring (bicyclic) bond motifs is 1. The summed E-state index contributed by atoms with van der Waals surface area (Å²) in [6, 6.07) is 21.2. The second-order valence-electron chi connectivity index (χ2n) is 7.07. The lowest BCUT2D eigenvalue weighted by Crippen LogP contribution is -2.28. The summed E-state index contributed by atoms with van der Waals surface area (Å²) in [5, 5.41) is 8.24. The first kappa shape index (κ1) is 17.3. The molecule has 4 nitrogen and oxygen atoms in total. The molecule has 0 heterocycles. The van der Waals surface area contributed by atoms with Crippen molar-refractivity contribution in [1.29, 1.82) is 0 Å².